The molecule has 384 valence electrons. The van der Waals surface area contributed by atoms with Gasteiger partial charge in [0.05, 0.1) is 27.2 Å². The summed E-state index contributed by atoms with van der Waals surface area (Å²) in [6.45, 7) is 11.9. The number of halogens is 1. The summed E-state index contributed by atoms with van der Waals surface area (Å²) < 4.78 is 50.0. The molecule has 2 aliphatic carbocycles. The van der Waals surface area contributed by atoms with Crippen molar-refractivity contribution in [2.75, 3.05) is 49.5 Å². The standard InChI is InChI=1S/C56H65FN8O7S/c1-37(2)46-6-4-5-7-47(46)51-36-62(35-39-8-10-41(57)11-9-39)26-27-64(51)43-31-56(32-43)21-24-63(25-22-56)42-12-14-48(52(29-42)72-44-28-40-18-23-58-53(40)60-34-44)54(66)61-73(70,71)45-13-15-49(50(30-45)65(68)69)59-33-38-16-19-55(3,67)20-17-38/h4-15,18,23,28-30,34,37-38,43,51,59,67H,16-17,19-22,24-27,31-33,35-36H2,1-3H3,(H,58,60)(H,61,66)/t38-,51-,55-/m0/s1. The van der Waals surface area contributed by atoms with Gasteiger partial charge in [-0.05, 0) is 141 Å². The molecule has 2 aromatic heterocycles. The van der Waals surface area contributed by atoms with Gasteiger partial charge in [0.25, 0.3) is 21.6 Å². The van der Waals surface area contributed by atoms with Gasteiger partial charge in [0.2, 0.25) is 0 Å². The molecular formula is C56H65FN8O7S. The number of ether oxygens (including phenoxy) is 1. The van der Waals surface area contributed by atoms with E-state index < -0.39 is 37.0 Å². The van der Waals surface area contributed by atoms with Crippen LogP contribution in [0.5, 0.6) is 11.5 Å². The van der Waals surface area contributed by atoms with Gasteiger partial charge < -0.3 is 25.0 Å². The Labute approximate surface area is 426 Å². The number of aromatic amines is 1. The number of sulfonamides is 1. The largest absolute Gasteiger partial charge is 0.455 e. The molecule has 1 atom stereocenters. The smallest absolute Gasteiger partial charge is 0.293 e. The predicted octanol–water partition coefficient (Wildman–Crippen LogP) is 10.3. The maximum atomic E-state index is 14.1. The second kappa shape index (κ2) is 20.5. The van der Waals surface area contributed by atoms with Crippen LogP contribution < -0.4 is 19.7 Å². The van der Waals surface area contributed by atoms with Crippen molar-refractivity contribution in [3.63, 3.8) is 0 Å². The number of aromatic nitrogens is 2. The summed E-state index contributed by atoms with van der Waals surface area (Å²) in [5, 5.41) is 26.5. The van der Waals surface area contributed by atoms with Crippen LogP contribution in [0, 0.1) is 27.3 Å². The lowest BCUT2D eigenvalue weighted by Crippen LogP contribution is -2.60. The number of fused-ring (bicyclic) bond motifs is 1. The zero-order chi connectivity index (χ0) is 51.1. The van der Waals surface area contributed by atoms with Gasteiger partial charge in [0.15, 0.2) is 0 Å². The second-order valence-corrected chi connectivity index (χ2v) is 23.2. The van der Waals surface area contributed by atoms with E-state index in [0.29, 0.717) is 42.7 Å². The van der Waals surface area contributed by atoms with Gasteiger partial charge in [-0.15, -0.1) is 0 Å². The van der Waals surface area contributed by atoms with E-state index in [1.165, 1.54) is 29.5 Å². The molecule has 6 aromatic rings. The van der Waals surface area contributed by atoms with Crippen LogP contribution in [-0.4, -0.2) is 95.0 Å². The topological polar surface area (TPSA) is 186 Å². The van der Waals surface area contributed by atoms with Crippen LogP contribution >= 0.6 is 0 Å². The number of nitro benzene ring substituents is 1. The van der Waals surface area contributed by atoms with E-state index in [1.807, 2.05) is 31.2 Å². The fourth-order valence-electron chi connectivity index (χ4n) is 11.8. The summed E-state index contributed by atoms with van der Waals surface area (Å²) in [5.74, 6) is -0.114. The van der Waals surface area contributed by atoms with E-state index in [-0.39, 0.29) is 40.2 Å². The van der Waals surface area contributed by atoms with Gasteiger partial charge in [-0.3, -0.25) is 24.7 Å². The fourth-order valence-corrected chi connectivity index (χ4v) is 12.8. The fraction of sp³-hybridized carbons (Fsp3) is 0.429. The number of benzene rings is 4. The Kier molecular flexibility index (Phi) is 14.1. The van der Waals surface area contributed by atoms with Crippen molar-refractivity contribution >= 4 is 44.0 Å². The molecular weight excluding hydrogens is 948 g/mol. The average molecular weight is 1010 g/mol. The van der Waals surface area contributed by atoms with E-state index in [1.54, 1.807) is 36.5 Å². The third-order valence-electron chi connectivity index (χ3n) is 16.1. The highest BCUT2D eigenvalue weighted by Gasteiger charge is 2.50. The number of pyridine rings is 1. The number of H-pyrrole nitrogens is 1. The number of piperidine rings is 1. The molecule has 4 aromatic carbocycles. The lowest BCUT2D eigenvalue weighted by Gasteiger charge is -2.58. The molecule has 17 heteroatoms. The lowest BCUT2D eigenvalue weighted by atomic mass is 9.59. The molecule has 10 rings (SSSR count). The zero-order valence-corrected chi connectivity index (χ0v) is 42.5. The summed E-state index contributed by atoms with van der Waals surface area (Å²) in [4.78, 5) is 40.3. The first kappa shape index (κ1) is 50.1. The van der Waals surface area contributed by atoms with E-state index in [0.717, 1.165) is 100 Å². The van der Waals surface area contributed by atoms with Crippen molar-refractivity contribution in [1.29, 1.82) is 0 Å². The molecule has 73 heavy (non-hydrogen) atoms. The summed E-state index contributed by atoms with van der Waals surface area (Å²) in [7, 11) is -4.59. The minimum atomic E-state index is -4.59. The molecule has 4 heterocycles. The number of hydrogen-bond donors (Lipinski definition) is 4. The summed E-state index contributed by atoms with van der Waals surface area (Å²) in [6, 6.07) is 28.8. The van der Waals surface area contributed by atoms with Crippen molar-refractivity contribution < 1.29 is 32.4 Å². The van der Waals surface area contributed by atoms with Crippen LogP contribution in [-0.2, 0) is 16.6 Å². The highest BCUT2D eigenvalue weighted by molar-refractivity contribution is 7.90. The molecule has 2 aliphatic heterocycles. The van der Waals surface area contributed by atoms with E-state index in [4.69, 9.17) is 4.74 Å². The first-order valence-corrected chi connectivity index (χ1v) is 27.1. The van der Waals surface area contributed by atoms with Gasteiger partial charge in [-0.2, -0.15) is 0 Å². The molecule has 0 unspecified atom stereocenters. The number of carbonyl (C=O) groups is 1. The number of amides is 1. The molecule has 1 spiro atoms. The van der Waals surface area contributed by atoms with Gasteiger partial charge in [0.1, 0.15) is 28.7 Å². The Bertz CT molecular complexity index is 3080. The quantitative estimate of drug-likeness (QED) is 0.0564. The monoisotopic (exact) mass is 1010 g/mol. The zero-order valence-electron chi connectivity index (χ0n) is 41.7. The van der Waals surface area contributed by atoms with Crippen LogP contribution in [0.2, 0.25) is 0 Å². The van der Waals surface area contributed by atoms with Crippen molar-refractivity contribution in [2.45, 2.75) is 107 Å². The van der Waals surface area contributed by atoms with E-state index in [9.17, 15) is 32.8 Å². The Morgan fingerprint density at radius 1 is 0.959 bits per heavy atom. The first-order chi connectivity index (χ1) is 35.0. The Morgan fingerprint density at radius 3 is 2.45 bits per heavy atom. The SMILES string of the molecule is CC(C)c1ccccc1[C@@H]1CN(Cc2ccc(F)cc2)CCN1C1CC2(CCN(c3ccc(C(=O)NS(=O)(=O)c4ccc(NC[C@H]5CC[C@](C)(O)CC5)c([N+](=O)[O-])c4)c(Oc4cnc5[nH]ccc5c4)c3)CC2)C1. The Hall–Kier alpha value is -6.40. The maximum Gasteiger partial charge on any atom is 0.293 e. The summed E-state index contributed by atoms with van der Waals surface area (Å²) >= 11 is 0. The number of aliphatic hydroxyl groups is 1. The molecule has 4 aliphatic rings. The van der Waals surface area contributed by atoms with Crippen LogP contribution in [0.3, 0.4) is 0 Å². The molecule has 0 bridgehead atoms. The van der Waals surface area contributed by atoms with Gasteiger partial charge in [0, 0.05) is 87.3 Å². The summed E-state index contributed by atoms with van der Waals surface area (Å²) in [5.41, 5.74) is 4.56. The van der Waals surface area contributed by atoms with Gasteiger partial charge >= 0.3 is 0 Å². The Morgan fingerprint density at radius 2 is 1.71 bits per heavy atom. The number of hydrogen-bond acceptors (Lipinski definition) is 12. The highest BCUT2D eigenvalue weighted by atomic mass is 32.2. The van der Waals surface area contributed by atoms with Crippen molar-refractivity contribution in [3.05, 3.63) is 148 Å². The minimum absolute atomic E-state index is 0.0394. The van der Waals surface area contributed by atoms with Crippen LogP contribution in [0.25, 0.3) is 11.0 Å². The van der Waals surface area contributed by atoms with Crippen LogP contribution in [0.4, 0.5) is 21.5 Å². The average Bonchev–Trinajstić information content (AvgIpc) is 3.84. The molecule has 4 fully saturated rings. The lowest BCUT2D eigenvalue weighted by molar-refractivity contribution is -0.384. The van der Waals surface area contributed by atoms with Crippen LogP contribution in [0.1, 0.15) is 111 Å². The van der Waals surface area contributed by atoms with Crippen molar-refractivity contribution in [2.24, 2.45) is 11.3 Å². The van der Waals surface area contributed by atoms with Crippen LogP contribution in [0.15, 0.2) is 114 Å². The number of nitro groups is 1. The summed E-state index contributed by atoms with van der Waals surface area (Å²) in [6.07, 6.45) is 10.3. The maximum absolute atomic E-state index is 14.1. The first-order valence-electron chi connectivity index (χ1n) is 25.6. The normalized spacial score (nSPS) is 21.8. The molecule has 0 radical (unpaired) electrons. The minimum Gasteiger partial charge on any atom is -0.455 e. The molecule has 4 N–H and O–H groups in total. The third kappa shape index (κ3) is 11.1. The second-order valence-electron chi connectivity index (χ2n) is 21.5. The van der Waals surface area contributed by atoms with Crippen molar-refractivity contribution in [3.8, 4) is 11.5 Å². The van der Waals surface area contributed by atoms with E-state index >= 15 is 0 Å². The predicted molar refractivity (Wildman–Crippen MR) is 280 cm³/mol. The molecule has 2 saturated carbocycles. The number of carbonyl (C=O) groups excluding carboxylic acids is 1. The Balaban J connectivity index is 0.832. The van der Waals surface area contributed by atoms with Gasteiger partial charge in [-0.1, -0.05) is 50.2 Å². The molecule has 15 nitrogen and oxygen atoms in total. The third-order valence-corrected chi connectivity index (χ3v) is 17.4. The number of nitrogens with one attached hydrogen (secondary N) is 3. The van der Waals surface area contributed by atoms with Gasteiger partial charge in [-0.25, -0.2) is 22.5 Å². The number of nitrogens with zero attached hydrogens (tertiary/aromatic N) is 5. The number of piperazine rings is 1. The van der Waals surface area contributed by atoms with E-state index in [2.05, 4.69) is 72.8 Å². The number of anilines is 2. The number of rotatable bonds is 15. The molecule has 2 saturated heterocycles. The molecule has 1 amide bonds. The highest BCUT2D eigenvalue weighted by Crippen LogP contribution is 2.53. The van der Waals surface area contributed by atoms with Crippen molar-refractivity contribution in [1.82, 2.24) is 24.5 Å².